The van der Waals surface area contributed by atoms with Gasteiger partial charge in [0.15, 0.2) is 0 Å². The van der Waals surface area contributed by atoms with Crippen LogP contribution >= 0.6 is 15.9 Å². The van der Waals surface area contributed by atoms with Crippen LogP contribution in [-0.2, 0) is 0 Å². The highest BCUT2D eigenvalue weighted by Crippen LogP contribution is 2.25. The molecule has 0 amide bonds. The van der Waals surface area contributed by atoms with Crippen molar-refractivity contribution in [1.29, 1.82) is 0 Å². The van der Waals surface area contributed by atoms with E-state index in [1.807, 2.05) is 6.92 Å². The number of halogens is 2. The summed E-state index contributed by atoms with van der Waals surface area (Å²) in [4.78, 5) is 12.2. The zero-order chi connectivity index (χ0) is 15.2. The third kappa shape index (κ3) is 4.25. The molecule has 0 aliphatic rings. The highest BCUT2D eigenvalue weighted by molar-refractivity contribution is 9.10. The topological polar surface area (TPSA) is 69.2 Å². The highest BCUT2D eigenvalue weighted by Gasteiger charge is 2.10. The van der Waals surface area contributed by atoms with Crippen molar-refractivity contribution in [3.05, 3.63) is 28.5 Å². The third-order valence-corrected chi connectivity index (χ3v) is 2.96. The number of hydrogen-bond acceptors (Lipinski definition) is 6. The second-order valence-corrected chi connectivity index (χ2v) is 4.85. The molecule has 0 unspecified atom stereocenters. The fraction of sp³-hybridized carbons (Fsp3) is 0.308. The van der Waals surface area contributed by atoms with Crippen molar-refractivity contribution in [2.45, 2.75) is 13.3 Å². The minimum Gasteiger partial charge on any atom is -0.463 e. The first-order chi connectivity index (χ1) is 10.1. The normalized spacial score (nSPS) is 10.3. The number of hydrogen-bond donors (Lipinski definition) is 1. The smallest absolute Gasteiger partial charge is 0.330 e. The number of benzene rings is 1. The summed E-state index contributed by atoms with van der Waals surface area (Å²) in [6.45, 7) is 2.47. The fourth-order valence-electron chi connectivity index (χ4n) is 1.40. The molecule has 1 N–H and O–H groups in total. The van der Waals surface area contributed by atoms with Crippen LogP contribution in [0, 0.1) is 5.82 Å². The first kappa shape index (κ1) is 15.4. The van der Waals surface area contributed by atoms with Gasteiger partial charge in [-0.05, 0) is 40.5 Å². The van der Waals surface area contributed by atoms with Crippen molar-refractivity contribution < 1.29 is 13.9 Å². The predicted molar refractivity (Wildman–Crippen MR) is 79.3 cm³/mol. The van der Waals surface area contributed by atoms with Crippen LogP contribution in [0.5, 0.6) is 17.8 Å². The lowest BCUT2D eigenvalue weighted by Crippen LogP contribution is -2.06. The maximum atomic E-state index is 13.2. The van der Waals surface area contributed by atoms with Crippen LogP contribution in [0.1, 0.15) is 13.3 Å². The van der Waals surface area contributed by atoms with Crippen molar-refractivity contribution in [3.8, 4) is 17.8 Å². The Balaban J connectivity index is 2.23. The van der Waals surface area contributed by atoms with Crippen LogP contribution in [0.2, 0.25) is 0 Å². The summed E-state index contributed by atoms with van der Waals surface area (Å²) in [6.07, 6.45) is 0.835. The van der Waals surface area contributed by atoms with Crippen LogP contribution in [0.15, 0.2) is 22.7 Å². The van der Waals surface area contributed by atoms with E-state index in [1.165, 1.54) is 18.2 Å². The summed E-state index contributed by atoms with van der Waals surface area (Å²) in [6, 6.07) is 4.50. The van der Waals surface area contributed by atoms with Gasteiger partial charge >= 0.3 is 12.0 Å². The molecule has 0 radical (unpaired) electrons. The van der Waals surface area contributed by atoms with Gasteiger partial charge in [-0.1, -0.05) is 6.92 Å². The number of anilines is 1. The number of nitrogens with zero attached hydrogens (tertiary/aromatic N) is 3. The van der Waals surface area contributed by atoms with Crippen molar-refractivity contribution in [3.63, 3.8) is 0 Å². The summed E-state index contributed by atoms with van der Waals surface area (Å²) in [5.74, 6) is 0.353. The molecule has 1 aromatic heterocycles. The minimum absolute atomic E-state index is 0.0685. The van der Waals surface area contributed by atoms with E-state index in [0.29, 0.717) is 22.8 Å². The Labute approximate surface area is 129 Å². The third-order valence-electron chi connectivity index (χ3n) is 2.35. The van der Waals surface area contributed by atoms with E-state index >= 15 is 0 Å². The van der Waals surface area contributed by atoms with E-state index in [9.17, 15) is 4.39 Å². The molecule has 0 aliphatic heterocycles. The van der Waals surface area contributed by atoms with Crippen LogP contribution in [0.25, 0.3) is 0 Å². The Morgan fingerprint density at radius 1 is 1.24 bits per heavy atom. The first-order valence-electron chi connectivity index (χ1n) is 6.32. The van der Waals surface area contributed by atoms with Crippen molar-refractivity contribution >= 4 is 21.9 Å². The summed E-state index contributed by atoms with van der Waals surface area (Å²) in [5, 5.41) is 2.80. The largest absolute Gasteiger partial charge is 0.463 e. The average molecular weight is 357 g/mol. The van der Waals surface area contributed by atoms with Gasteiger partial charge in [-0.3, -0.25) is 0 Å². The maximum absolute atomic E-state index is 13.2. The first-order valence-corrected chi connectivity index (χ1v) is 7.11. The van der Waals surface area contributed by atoms with Gasteiger partial charge in [0.05, 0.1) is 11.1 Å². The second-order valence-electron chi connectivity index (χ2n) is 4.00. The molecule has 0 atom stereocenters. The SMILES string of the molecule is CCCOc1nc(NC)nc(Oc2ccc(F)c(Br)c2)n1. The number of rotatable bonds is 6. The zero-order valence-electron chi connectivity index (χ0n) is 11.6. The van der Waals surface area contributed by atoms with Gasteiger partial charge in [0.2, 0.25) is 5.95 Å². The standard InChI is InChI=1S/C13H14BrFN4O2/c1-3-6-20-12-17-11(16-2)18-13(19-12)21-8-4-5-10(15)9(14)7-8/h4-5,7H,3,6H2,1-2H3,(H,16,17,18,19). The molecule has 0 saturated carbocycles. The molecule has 0 spiro atoms. The molecule has 8 heteroatoms. The van der Waals surface area contributed by atoms with E-state index in [4.69, 9.17) is 9.47 Å². The minimum atomic E-state index is -0.374. The molecule has 0 fully saturated rings. The van der Waals surface area contributed by atoms with Gasteiger partial charge in [0.1, 0.15) is 11.6 Å². The van der Waals surface area contributed by atoms with E-state index < -0.39 is 0 Å². The molecular weight excluding hydrogens is 343 g/mol. The van der Waals surface area contributed by atoms with Crippen LogP contribution < -0.4 is 14.8 Å². The molecule has 2 rings (SSSR count). The molecule has 21 heavy (non-hydrogen) atoms. The zero-order valence-corrected chi connectivity index (χ0v) is 13.1. The van der Waals surface area contributed by atoms with Gasteiger partial charge in [0.25, 0.3) is 0 Å². The summed E-state index contributed by atoms with van der Waals surface area (Å²) in [5.41, 5.74) is 0. The Bertz CT molecular complexity index is 627. The summed E-state index contributed by atoms with van der Waals surface area (Å²) < 4.78 is 24.3. The molecule has 1 aromatic carbocycles. The van der Waals surface area contributed by atoms with E-state index in [1.54, 1.807) is 7.05 Å². The summed E-state index contributed by atoms with van der Waals surface area (Å²) >= 11 is 3.09. The Hall–Kier alpha value is -1.96. The molecule has 0 saturated heterocycles. The molecule has 0 bridgehead atoms. The molecule has 2 aromatic rings. The second kappa shape index (κ2) is 7.16. The Morgan fingerprint density at radius 3 is 2.67 bits per heavy atom. The van der Waals surface area contributed by atoms with E-state index in [2.05, 4.69) is 36.2 Å². The van der Waals surface area contributed by atoms with Crippen molar-refractivity contribution in [2.24, 2.45) is 0 Å². The number of nitrogens with one attached hydrogen (secondary N) is 1. The van der Waals surface area contributed by atoms with Crippen molar-refractivity contribution in [1.82, 2.24) is 15.0 Å². The van der Waals surface area contributed by atoms with Crippen LogP contribution in [0.4, 0.5) is 10.3 Å². The Kier molecular flexibility index (Phi) is 5.26. The van der Waals surface area contributed by atoms with E-state index in [0.717, 1.165) is 6.42 Å². The van der Waals surface area contributed by atoms with Gasteiger partial charge in [0, 0.05) is 7.05 Å². The van der Waals surface area contributed by atoms with Gasteiger partial charge in [-0.2, -0.15) is 9.97 Å². The molecule has 0 aliphatic carbocycles. The molecule has 6 nitrogen and oxygen atoms in total. The quantitative estimate of drug-likeness (QED) is 0.855. The number of aromatic nitrogens is 3. The van der Waals surface area contributed by atoms with Crippen molar-refractivity contribution in [2.75, 3.05) is 19.0 Å². The average Bonchev–Trinajstić information content (AvgIpc) is 2.48. The van der Waals surface area contributed by atoms with Crippen LogP contribution in [-0.4, -0.2) is 28.6 Å². The maximum Gasteiger partial charge on any atom is 0.330 e. The summed E-state index contributed by atoms with van der Waals surface area (Å²) in [7, 11) is 1.68. The van der Waals surface area contributed by atoms with Gasteiger partial charge in [-0.25, -0.2) is 4.39 Å². The monoisotopic (exact) mass is 356 g/mol. The molecule has 1 heterocycles. The van der Waals surface area contributed by atoms with Gasteiger partial charge in [-0.15, -0.1) is 4.98 Å². The lowest BCUT2D eigenvalue weighted by molar-refractivity contribution is 0.285. The Morgan fingerprint density at radius 2 is 2.00 bits per heavy atom. The lowest BCUT2D eigenvalue weighted by atomic mass is 10.3. The van der Waals surface area contributed by atoms with Gasteiger partial charge < -0.3 is 14.8 Å². The fourth-order valence-corrected chi connectivity index (χ4v) is 1.76. The van der Waals surface area contributed by atoms with E-state index in [-0.39, 0.29) is 17.8 Å². The lowest BCUT2D eigenvalue weighted by Gasteiger charge is -2.08. The van der Waals surface area contributed by atoms with Crippen LogP contribution in [0.3, 0.4) is 0 Å². The number of ether oxygens (including phenoxy) is 2. The molecular formula is C13H14BrFN4O2. The highest BCUT2D eigenvalue weighted by atomic mass is 79.9. The predicted octanol–water partition coefficient (Wildman–Crippen LogP) is 3.40. The molecule has 112 valence electrons.